The maximum Gasteiger partial charge on any atom is 0.311 e. The second kappa shape index (κ2) is 6.73. The van der Waals surface area contributed by atoms with Gasteiger partial charge in [0, 0.05) is 18.6 Å². The lowest BCUT2D eigenvalue weighted by molar-refractivity contribution is -0.142. The third-order valence-electron chi connectivity index (χ3n) is 2.61. The molecule has 2 rings (SSSR count). The Morgan fingerprint density at radius 1 is 1.52 bits per heavy atom. The van der Waals surface area contributed by atoms with Gasteiger partial charge in [-0.2, -0.15) is 0 Å². The normalized spacial score (nSPS) is 10.4. The number of halogens is 1. The molecular formula is C13H14ClN3O3S. The number of thiazole rings is 1. The van der Waals surface area contributed by atoms with E-state index in [2.05, 4.69) is 10.3 Å². The smallest absolute Gasteiger partial charge is 0.311 e. The maximum absolute atomic E-state index is 12.1. The molecule has 0 aliphatic rings. The fraction of sp³-hybridized carbons (Fsp3) is 0.308. The first-order valence-electron chi connectivity index (χ1n) is 6.23. The molecule has 1 N–H and O–H groups in total. The molecule has 0 saturated carbocycles. The molecule has 0 bridgehead atoms. The van der Waals surface area contributed by atoms with Gasteiger partial charge >= 0.3 is 5.97 Å². The maximum atomic E-state index is 12.1. The van der Waals surface area contributed by atoms with Crippen molar-refractivity contribution in [1.29, 1.82) is 0 Å². The monoisotopic (exact) mass is 327 g/mol. The van der Waals surface area contributed by atoms with Gasteiger partial charge < -0.3 is 9.30 Å². The second-order valence-electron chi connectivity index (χ2n) is 4.23. The Morgan fingerprint density at radius 2 is 2.29 bits per heavy atom. The molecule has 6 nitrogen and oxygen atoms in total. The van der Waals surface area contributed by atoms with Crippen LogP contribution in [0, 0.1) is 0 Å². The van der Waals surface area contributed by atoms with Gasteiger partial charge in [-0.1, -0.05) is 11.6 Å². The number of aromatic nitrogens is 2. The summed E-state index contributed by atoms with van der Waals surface area (Å²) in [6.07, 6.45) is 1.74. The summed E-state index contributed by atoms with van der Waals surface area (Å²) in [4.78, 5) is 27.6. The number of rotatable bonds is 5. The van der Waals surface area contributed by atoms with Gasteiger partial charge in [0.15, 0.2) is 5.13 Å². The standard InChI is InChI=1S/C13H14ClN3O3S/c1-3-20-11(18)5-9-7-21-13(15-9)16-12(19)10-4-8(14)6-17(10)2/h4,6-7H,3,5H2,1-2H3,(H,15,16,19). The first kappa shape index (κ1) is 15.5. The lowest BCUT2D eigenvalue weighted by atomic mass is 10.3. The number of carbonyl (C=O) groups excluding carboxylic acids is 2. The molecule has 0 atom stereocenters. The Hall–Kier alpha value is -1.86. The van der Waals surface area contributed by atoms with Crippen LogP contribution in [0.25, 0.3) is 0 Å². The predicted octanol–water partition coefficient (Wildman–Crippen LogP) is 2.49. The summed E-state index contributed by atoms with van der Waals surface area (Å²) in [5.41, 5.74) is 1.00. The molecule has 2 aromatic heterocycles. The zero-order valence-corrected chi connectivity index (χ0v) is 13.1. The Kier molecular flexibility index (Phi) is 4.98. The van der Waals surface area contributed by atoms with Crippen LogP contribution in [-0.4, -0.2) is 28.0 Å². The van der Waals surface area contributed by atoms with Crippen LogP contribution in [0.4, 0.5) is 5.13 Å². The topological polar surface area (TPSA) is 73.2 Å². The molecule has 0 spiro atoms. The number of nitrogens with zero attached hydrogens (tertiary/aromatic N) is 2. The fourth-order valence-electron chi connectivity index (χ4n) is 1.72. The summed E-state index contributed by atoms with van der Waals surface area (Å²) in [7, 11) is 1.73. The van der Waals surface area contributed by atoms with Gasteiger partial charge in [-0.3, -0.25) is 14.9 Å². The fourth-order valence-corrected chi connectivity index (χ4v) is 2.67. The highest BCUT2D eigenvalue weighted by Crippen LogP contribution is 2.19. The van der Waals surface area contributed by atoms with Gasteiger partial charge in [0.2, 0.25) is 0 Å². The van der Waals surface area contributed by atoms with Crippen LogP contribution in [-0.2, 0) is 23.0 Å². The Bertz CT molecular complexity index is 665. The molecule has 112 valence electrons. The molecule has 0 aliphatic heterocycles. The number of amides is 1. The lowest BCUT2D eigenvalue weighted by Gasteiger charge is -2.02. The number of nitrogens with one attached hydrogen (secondary N) is 1. The molecule has 0 saturated heterocycles. The molecular weight excluding hydrogens is 314 g/mol. The number of esters is 1. The second-order valence-corrected chi connectivity index (χ2v) is 5.53. The van der Waals surface area contributed by atoms with Crippen molar-refractivity contribution in [1.82, 2.24) is 9.55 Å². The highest BCUT2D eigenvalue weighted by atomic mass is 35.5. The van der Waals surface area contributed by atoms with E-state index in [4.69, 9.17) is 16.3 Å². The number of carbonyl (C=O) groups is 2. The van der Waals surface area contributed by atoms with Crippen molar-refractivity contribution in [3.63, 3.8) is 0 Å². The zero-order chi connectivity index (χ0) is 15.4. The van der Waals surface area contributed by atoms with Gasteiger partial charge in [-0.25, -0.2) is 4.98 Å². The quantitative estimate of drug-likeness (QED) is 0.856. The van der Waals surface area contributed by atoms with Crippen LogP contribution in [0.1, 0.15) is 23.1 Å². The molecule has 2 heterocycles. The molecule has 8 heteroatoms. The average molecular weight is 328 g/mol. The molecule has 2 aromatic rings. The lowest BCUT2D eigenvalue weighted by Crippen LogP contribution is -2.15. The minimum atomic E-state index is -0.338. The van der Waals surface area contributed by atoms with Crippen LogP contribution in [0.2, 0.25) is 5.02 Å². The number of anilines is 1. The largest absolute Gasteiger partial charge is 0.466 e. The third-order valence-corrected chi connectivity index (χ3v) is 3.62. The molecule has 21 heavy (non-hydrogen) atoms. The average Bonchev–Trinajstić information content (AvgIpc) is 2.96. The van der Waals surface area contributed by atoms with E-state index in [1.165, 1.54) is 11.3 Å². The SMILES string of the molecule is CCOC(=O)Cc1csc(NC(=O)c2cc(Cl)cn2C)n1. The van der Waals surface area contributed by atoms with Gasteiger partial charge in [0.05, 0.1) is 23.7 Å². The number of hydrogen-bond donors (Lipinski definition) is 1. The minimum Gasteiger partial charge on any atom is -0.466 e. The van der Waals surface area contributed by atoms with Crippen LogP contribution in [0.5, 0.6) is 0 Å². The zero-order valence-electron chi connectivity index (χ0n) is 11.6. The highest BCUT2D eigenvalue weighted by Gasteiger charge is 2.14. The first-order valence-corrected chi connectivity index (χ1v) is 7.48. The van der Waals surface area contributed by atoms with Crippen LogP contribution >= 0.6 is 22.9 Å². The third kappa shape index (κ3) is 4.05. The Morgan fingerprint density at radius 3 is 2.90 bits per heavy atom. The Labute approximate surface area is 130 Å². The van der Waals surface area contributed by atoms with E-state index in [0.717, 1.165) is 0 Å². The molecule has 0 aromatic carbocycles. The summed E-state index contributed by atoms with van der Waals surface area (Å²) in [5, 5.41) is 5.31. The number of ether oxygens (including phenoxy) is 1. The molecule has 0 fully saturated rings. The van der Waals surface area contributed by atoms with E-state index < -0.39 is 0 Å². The van der Waals surface area contributed by atoms with Crippen molar-refractivity contribution in [3.05, 3.63) is 34.1 Å². The number of aryl methyl sites for hydroxylation is 1. The van der Waals surface area contributed by atoms with Gasteiger partial charge in [0.1, 0.15) is 5.69 Å². The first-order chi connectivity index (χ1) is 9.99. The van der Waals surface area contributed by atoms with E-state index in [1.54, 1.807) is 36.2 Å². The summed E-state index contributed by atoms with van der Waals surface area (Å²) in [6.45, 7) is 2.08. The molecule has 1 amide bonds. The van der Waals surface area contributed by atoms with E-state index in [0.29, 0.717) is 28.1 Å². The highest BCUT2D eigenvalue weighted by molar-refractivity contribution is 7.14. The van der Waals surface area contributed by atoms with E-state index in [9.17, 15) is 9.59 Å². The molecule has 0 unspecified atom stereocenters. The van der Waals surface area contributed by atoms with Gasteiger partial charge in [-0.05, 0) is 13.0 Å². The van der Waals surface area contributed by atoms with Crippen LogP contribution in [0.3, 0.4) is 0 Å². The summed E-state index contributed by atoms with van der Waals surface area (Å²) in [6, 6.07) is 1.57. The van der Waals surface area contributed by atoms with Crippen molar-refractivity contribution >= 4 is 39.9 Å². The summed E-state index contributed by atoms with van der Waals surface area (Å²) in [5.74, 6) is -0.642. The summed E-state index contributed by atoms with van der Waals surface area (Å²) >= 11 is 7.09. The summed E-state index contributed by atoms with van der Waals surface area (Å²) < 4.78 is 6.47. The van der Waals surface area contributed by atoms with Gasteiger partial charge in [0.25, 0.3) is 5.91 Å². The minimum absolute atomic E-state index is 0.0934. The van der Waals surface area contributed by atoms with Crippen molar-refractivity contribution < 1.29 is 14.3 Å². The van der Waals surface area contributed by atoms with Crippen molar-refractivity contribution in [2.24, 2.45) is 7.05 Å². The van der Waals surface area contributed by atoms with E-state index in [1.807, 2.05) is 0 Å². The van der Waals surface area contributed by atoms with Crippen LogP contribution < -0.4 is 5.32 Å². The van der Waals surface area contributed by atoms with E-state index in [-0.39, 0.29) is 18.3 Å². The Balaban J connectivity index is 2.00. The van der Waals surface area contributed by atoms with Crippen molar-refractivity contribution in [3.8, 4) is 0 Å². The van der Waals surface area contributed by atoms with Crippen LogP contribution in [0.15, 0.2) is 17.6 Å². The van der Waals surface area contributed by atoms with Crippen molar-refractivity contribution in [2.75, 3.05) is 11.9 Å². The molecule has 0 aliphatic carbocycles. The van der Waals surface area contributed by atoms with E-state index >= 15 is 0 Å². The predicted molar refractivity (Wildman–Crippen MR) is 80.8 cm³/mol. The number of hydrogen-bond acceptors (Lipinski definition) is 5. The van der Waals surface area contributed by atoms with Gasteiger partial charge in [-0.15, -0.1) is 11.3 Å². The molecule has 0 radical (unpaired) electrons. The van der Waals surface area contributed by atoms with Crippen molar-refractivity contribution in [2.45, 2.75) is 13.3 Å².